The minimum atomic E-state index is 0.0526. The molecule has 2 N–H and O–H groups in total. The molecule has 1 aromatic carbocycles. The lowest BCUT2D eigenvalue weighted by molar-refractivity contribution is 0.0668. The standard InChI is InChI=1S/C12H15NO3/c14-8-3-4-10-11(6-8)16-12(7-15-10)9-2-1-5-13-9/h3-4,6,9,12-14H,1-2,5,7H2/t9-,12+/m1/s1. The highest BCUT2D eigenvalue weighted by atomic mass is 16.6. The third-order valence-corrected chi connectivity index (χ3v) is 3.16. The van der Waals surface area contributed by atoms with Gasteiger partial charge in [0.15, 0.2) is 11.5 Å². The average Bonchev–Trinajstić information content (AvgIpc) is 2.81. The second-order valence-electron chi connectivity index (χ2n) is 4.30. The molecule has 2 aliphatic heterocycles. The molecule has 1 fully saturated rings. The number of ether oxygens (including phenoxy) is 2. The summed E-state index contributed by atoms with van der Waals surface area (Å²) in [5, 5.41) is 12.8. The Bertz CT molecular complexity index is 388. The van der Waals surface area contributed by atoms with E-state index in [9.17, 15) is 5.11 Å². The molecule has 0 bridgehead atoms. The first-order valence-corrected chi connectivity index (χ1v) is 5.69. The molecule has 0 saturated carbocycles. The van der Waals surface area contributed by atoms with Gasteiger partial charge in [-0.3, -0.25) is 0 Å². The summed E-state index contributed by atoms with van der Waals surface area (Å²) in [5.74, 6) is 1.57. The first-order valence-electron chi connectivity index (χ1n) is 5.69. The average molecular weight is 221 g/mol. The molecule has 0 radical (unpaired) electrons. The summed E-state index contributed by atoms with van der Waals surface area (Å²) in [7, 11) is 0. The van der Waals surface area contributed by atoms with Crippen molar-refractivity contribution in [1.82, 2.24) is 5.32 Å². The van der Waals surface area contributed by atoms with Crippen LogP contribution >= 0.6 is 0 Å². The van der Waals surface area contributed by atoms with Gasteiger partial charge in [-0.2, -0.15) is 0 Å². The molecule has 4 nitrogen and oxygen atoms in total. The van der Waals surface area contributed by atoms with Gasteiger partial charge < -0.3 is 19.9 Å². The number of benzene rings is 1. The molecule has 0 aromatic heterocycles. The van der Waals surface area contributed by atoms with Gasteiger partial charge in [0.2, 0.25) is 0 Å². The number of phenolic OH excluding ortho intramolecular Hbond substituents is 1. The molecule has 4 heteroatoms. The topological polar surface area (TPSA) is 50.7 Å². The van der Waals surface area contributed by atoms with Crippen molar-refractivity contribution in [3.05, 3.63) is 18.2 Å². The van der Waals surface area contributed by atoms with Crippen LogP contribution in [-0.4, -0.2) is 30.4 Å². The molecule has 1 saturated heterocycles. The van der Waals surface area contributed by atoms with Gasteiger partial charge in [0.05, 0.1) is 0 Å². The molecule has 2 atom stereocenters. The molecule has 0 unspecified atom stereocenters. The minimum Gasteiger partial charge on any atom is -0.508 e. The Kier molecular flexibility index (Phi) is 2.36. The zero-order valence-electron chi connectivity index (χ0n) is 8.98. The van der Waals surface area contributed by atoms with Crippen molar-refractivity contribution >= 4 is 0 Å². The summed E-state index contributed by atoms with van der Waals surface area (Å²) in [6.07, 6.45) is 2.37. The van der Waals surface area contributed by atoms with Crippen LogP contribution in [0.1, 0.15) is 12.8 Å². The van der Waals surface area contributed by atoms with Gasteiger partial charge in [-0.15, -0.1) is 0 Å². The minimum absolute atomic E-state index is 0.0526. The van der Waals surface area contributed by atoms with Crippen molar-refractivity contribution in [2.75, 3.05) is 13.2 Å². The molecular weight excluding hydrogens is 206 g/mol. The molecule has 1 aromatic rings. The van der Waals surface area contributed by atoms with Crippen LogP contribution < -0.4 is 14.8 Å². The van der Waals surface area contributed by atoms with E-state index in [0.29, 0.717) is 24.1 Å². The molecule has 0 spiro atoms. The lowest BCUT2D eigenvalue weighted by Gasteiger charge is -2.30. The summed E-state index contributed by atoms with van der Waals surface area (Å²) in [5.41, 5.74) is 0. The summed E-state index contributed by atoms with van der Waals surface area (Å²) in [4.78, 5) is 0. The zero-order chi connectivity index (χ0) is 11.0. The number of hydrogen-bond acceptors (Lipinski definition) is 4. The maximum Gasteiger partial charge on any atom is 0.165 e. The molecule has 0 aliphatic carbocycles. The summed E-state index contributed by atoms with van der Waals surface area (Å²) in [6.45, 7) is 1.63. The van der Waals surface area contributed by atoms with Gasteiger partial charge in [0.25, 0.3) is 0 Å². The molecule has 3 rings (SSSR count). The van der Waals surface area contributed by atoms with Gasteiger partial charge in [-0.25, -0.2) is 0 Å². The van der Waals surface area contributed by atoms with E-state index >= 15 is 0 Å². The quantitative estimate of drug-likeness (QED) is 0.750. The van der Waals surface area contributed by atoms with Crippen molar-refractivity contribution in [3.8, 4) is 17.2 Å². The van der Waals surface area contributed by atoms with Crippen LogP contribution in [0.15, 0.2) is 18.2 Å². The van der Waals surface area contributed by atoms with Crippen molar-refractivity contribution in [2.45, 2.75) is 25.0 Å². The summed E-state index contributed by atoms with van der Waals surface area (Å²) < 4.78 is 11.5. The highest BCUT2D eigenvalue weighted by molar-refractivity contribution is 5.46. The Hall–Kier alpha value is -1.42. The van der Waals surface area contributed by atoms with Gasteiger partial charge in [0.1, 0.15) is 18.5 Å². The normalized spacial score (nSPS) is 28.0. The molecule has 86 valence electrons. The first-order chi connectivity index (χ1) is 7.83. The Labute approximate surface area is 94.2 Å². The van der Waals surface area contributed by atoms with Crippen LogP contribution in [0.3, 0.4) is 0 Å². The van der Waals surface area contributed by atoms with Crippen molar-refractivity contribution in [1.29, 1.82) is 0 Å². The second-order valence-corrected chi connectivity index (χ2v) is 4.30. The fourth-order valence-corrected chi connectivity index (χ4v) is 2.30. The maximum absolute atomic E-state index is 9.39. The zero-order valence-corrected chi connectivity index (χ0v) is 8.98. The Morgan fingerprint density at radius 2 is 2.25 bits per heavy atom. The molecule has 2 heterocycles. The number of phenols is 1. The van der Waals surface area contributed by atoms with E-state index in [1.54, 1.807) is 18.2 Å². The van der Waals surface area contributed by atoms with Crippen LogP contribution in [0.4, 0.5) is 0 Å². The molecular formula is C12H15NO3. The Morgan fingerprint density at radius 3 is 3.06 bits per heavy atom. The third-order valence-electron chi connectivity index (χ3n) is 3.16. The van der Waals surface area contributed by atoms with E-state index in [2.05, 4.69) is 5.32 Å². The van der Waals surface area contributed by atoms with E-state index in [4.69, 9.17) is 9.47 Å². The second kappa shape index (κ2) is 3.87. The van der Waals surface area contributed by atoms with Gasteiger partial charge in [0, 0.05) is 12.1 Å². The Morgan fingerprint density at radius 1 is 1.31 bits per heavy atom. The number of rotatable bonds is 1. The predicted octanol–water partition coefficient (Wildman–Crippen LogP) is 1.28. The van der Waals surface area contributed by atoms with E-state index in [0.717, 1.165) is 13.0 Å². The SMILES string of the molecule is Oc1ccc2c(c1)O[C@H]([C@H]1CCCN1)CO2. The summed E-state index contributed by atoms with van der Waals surface area (Å²) in [6, 6.07) is 5.32. The van der Waals surface area contributed by atoms with Crippen molar-refractivity contribution in [3.63, 3.8) is 0 Å². The van der Waals surface area contributed by atoms with Gasteiger partial charge in [-0.05, 0) is 31.5 Å². The van der Waals surface area contributed by atoms with Crippen LogP contribution in [0, 0.1) is 0 Å². The lowest BCUT2D eigenvalue weighted by Crippen LogP contribution is -2.44. The van der Waals surface area contributed by atoms with Gasteiger partial charge >= 0.3 is 0 Å². The van der Waals surface area contributed by atoms with Crippen molar-refractivity contribution < 1.29 is 14.6 Å². The molecule has 16 heavy (non-hydrogen) atoms. The largest absolute Gasteiger partial charge is 0.508 e. The maximum atomic E-state index is 9.39. The fraction of sp³-hybridized carbons (Fsp3) is 0.500. The summed E-state index contributed by atoms with van der Waals surface area (Å²) >= 11 is 0. The monoisotopic (exact) mass is 221 g/mol. The number of aromatic hydroxyl groups is 1. The smallest absolute Gasteiger partial charge is 0.165 e. The number of hydrogen-bond donors (Lipinski definition) is 2. The van der Waals surface area contributed by atoms with Crippen LogP contribution in [-0.2, 0) is 0 Å². The van der Waals surface area contributed by atoms with E-state index < -0.39 is 0 Å². The van der Waals surface area contributed by atoms with Crippen LogP contribution in [0.25, 0.3) is 0 Å². The lowest BCUT2D eigenvalue weighted by atomic mass is 10.1. The van der Waals surface area contributed by atoms with Crippen LogP contribution in [0.2, 0.25) is 0 Å². The fourth-order valence-electron chi connectivity index (χ4n) is 2.30. The predicted molar refractivity (Wildman–Crippen MR) is 59.0 cm³/mol. The first kappa shape index (κ1) is 9.78. The van der Waals surface area contributed by atoms with Crippen molar-refractivity contribution in [2.24, 2.45) is 0 Å². The number of fused-ring (bicyclic) bond motifs is 1. The van der Waals surface area contributed by atoms with E-state index in [1.165, 1.54) is 6.42 Å². The molecule has 2 aliphatic rings. The van der Waals surface area contributed by atoms with E-state index in [-0.39, 0.29) is 11.9 Å². The van der Waals surface area contributed by atoms with Crippen LogP contribution in [0.5, 0.6) is 17.2 Å². The Balaban J connectivity index is 1.79. The molecule has 0 amide bonds. The number of nitrogens with one attached hydrogen (secondary N) is 1. The highest BCUT2D eigenvalue weighted by Crippen LogP contribution is 2.35. The van der Waals surface area contributed by atoms with Gasteiger partial charge in [-0.1, -0.05) is 0 Å². The third kappa shape index (κ3) is 1.69. The highest BCUT2D eigenvalue weighted by Gasteiger charge is 2.30. The van der Waals surface area contributed by atoms with E-state index in [1.807, 2.05) is 0 Å².